The van der Waals surface area contributed by atoms with Gasteiger partial charge in [0.05, 0.1) is 12.3 Å². The molecule has 2 amide bonds. The maximum absolute atomic E-state index is 12.7. The van der Waals surface area contributed by atoms with E-state index in [4.69, 9.17) is 4.74 Å². The topological polar surface area (TPSA) is 70.6 Å². The number of carbonyl (C=O) groups is 1. The summed E-state index contributed by atoms with van der Waals surface area (Å²) in [5.41, 5.74) is 4.88. The van der Waals surface area contributed by atoms with E-state index in [0.29, 0.717) is 19.7 Å². The molecule has 166 valence electrons. The predicted molar refractivity (Wildman–Crippen MR) is 127 cm³/mol. The predicted octanol–water partition coefficient (Wildman–Crippen LogP) is 4.51. The van der Waals surface area contributed by atoms with Crippen LogP contribution in [0.25, 0.3) is 11.3 Å². The van der Waals surface area contributed by atoms with Crippen LogP contribution in [0.3, 0.4) is 0 Å². The second kappa shape index (κ2) is 9.68. The number of benzene rings is 2. The van der Waals surface area contributed by atoms with E-state index in [1.807, 2.05) is 80.3 Å². The van der Waals surface area contributed by atoms with Crippen LogP contribution in [0, 0.1) is 13.8 Å². The van der Waals surface area contributed by atoms with Crippen LogP contribution in [0.15, 0.2) is 54.6 Å². The van der Waals surface area contributed by atoms with Crippen molar-refractivity contribution in [3.05, 3.63) is 65.7 Å². The molecule has 3 aromatic rings. The number of hydrogen-bond acceptors (Lipinski definition) is 5. The Bertz CT molecular complexity index is 1060. The number of urea groups is 1. The van der Waals surface area contributed by atoms with Crippen molar-refractivity contribution >= 4 is 17.5 Å². The van der Waals surface area contributed by atoms with Crippen molar-refractivity contribution in [1.29, 1.82) is 0 Å². The van der Waals surface area contributed by atoms with E-state index in [9.17, 15) is 4.79 Å². The van der Waals surface area contributed by atoms with Gasteiger partial charge in [-0.25, -0.2) is 4.79 Å². The minimum Gasteiger partial charge on any atom is -0.494 e. The number of carbonyl (C=O) groups excluding carboxylic acids is 1. The molecule has 0 spiro atoms. The number of nitrogens with one attached hydrogen (secondary N) is 1. The standard InChI is InChI=1S/C25H29N5O2/c1-4-32-21-9-7-20(8-10-21)22-11-12-24(28-27-22)29-13-15-30(16-14-29)25(31)26-23-17-18(2)5-6-19(23)3/h5-12,17H,4,13-16H2,1-3H3,(H,26,31). The average Bonchev–Trinajstić information content (AvgIpc) is 2.82. The normalized spacial score (nSPS) is 13.7. The monoisotopic (exact) mass is 431 g/mol. The number of aromatic nitrogens is 2. The third-order valence-electron chi connectivity index (χ3n) is 5.64. The number of rotatable bonds is 5. The molecule has 7 nitrogen and oxygen atoms in total. The first-order valence-corrected chi connectivity index (χ1v) is 11.0. The Kier molecular flexibility index (Phi) is 6.54. The highest BCUT2D eigenvalue weighted by Gasteiger charge is 2.22. The van der Waals surface area contributed by atoms with Gasteiger partial charge < -0.3 is 19.9 Å². The molecule has 0 saturated carbocycles. The summed E-state index contributed by atoms with van der Waals surface area (Å²) in [5.74, 6) is 1.68. The van der Waals surface area contributed by atoms with E-state index in [1.165, 1.54) is 0 Å². The summed E-state index contributed by atoms with van der Waals surface area (Å²) in [7, 11) is 0. The van der Waals surface area contributed by atoms with Crippen LogP contribution in [0.2, 0.25) is 0 Å². The Labute approximate surface area is 189 Å². The Hall–Kier alpha value is -3.61. The highest BCUT2D eigenvalue weighted by atomic mass is 16.5. The Balaban J connectivity index is 1.33. The third-order valence-corrected chi connectivity index (χ3v) is 5.64. The fourth-order valence-electron chi connectivity index (χ4n) is 3.74. The van der Waals surface area contributed by atoms with Crippen LogP contribution >= 0.6 is 0 Å². The first-order chi connectivity index (χ1) is 15.5. The van der Waals surface area contributed by atoms with Gasteiger partial charge in [0.2, 0.25) is 0 Å². The van der Waals surface area contributed by atoms with Gasteiger partial charge in [0.15, 0.2) is 5.82 Å². The second-order valence-corrected chi connectivity index (χ2v) is 7.96. The van der Waals surface area contributed by atoms with Crippen molar-refractivity contribution < 1.29 is 9.53 Å². The number of piperazine rings is 1. The zero-order valence-electron chi connectivity index (χ0n) is 18.8. The third kappa shape index (κ3) is 4.99. The smallest absolute Gasteiger partial charge is 0.321 e. The van der Waals surface area contributed by atoms with E-state index in [0.717, 1.165) is 52.7 Å². The Morgan fingerprint density at radius 2 is 1.72 bits per heavy atom. The zero-order chi connectivity index (χ0) is 22.5. The van der Waals surface area contributed by atoms with E-state index in [-0.39, 0.29) is 6.03 Å². The summed E-state index contributed by atoms with van der Waals surface area (Å²) in [4.78, 5) is 16.7. The number of nitrogens with zero attached hydrogens (tertiary/aromatic N) is 4. The molecule has 0 bridgehead atoms. The summed E-state index contributed by atoms with van der Waals surface area (Å²) in [6.45, 7) is 9.36. The quantitative estimate of drug-likeness (QED) is 0.643. The molecular formula is C25H29N5O2. The van der Waals surface area contributed by atoms with Gasteiger partial charge in [-0.15, -0.1) is 10.2 Å². The SMILES string of the molecule is CCOc1ccc(-c2ccc(N3CCN(C(=O)Nc4cc(C)ccc4C)CC3)nn2)cc1. The molecule has 0 aliphatic carbocycles. The summed E-state index contributed by atoms with van der Waals surface area (Å²) >= 11 is 0. The van der Waals surface area contributed by atoms with Gasteiger partial charge in [-0.3, -0.25) is 0 Å². The fraction of sp³-hybridized carbons (Fsp3) is 0.320. The molecule has 2 heterocycles. The van der Waals surface area contributed by atoms with Crippen molar-refractivity contribution in [2.75, 3.05) is 43.0 Å². The highest BCUT2D eigenvalue weighted by Crippen LogP contribution is 2.22. The van der Waals surface area contributed by atoms with Crippen molar-refractivity contribution in [2.45, 2.75) is 20.8 Å². The molecule has 1 fully saturated rings. The van der Waals surface area contributed by atoms with Gasteiger partial charge in [-0.05, 0) is 74.4 Å². The van der Waals surface area contributed by atoms with Crippen LogP contribution in [-0.4, -0.2) is 53.9 Å². The van der Waals surface area contributed by atoms with Crippen molar-refractivity contribution in [3.63, 3.8) is 0 Å². The molecule has 0 atom stereocenters. The van der Waals surface area contributed by atoms with Gasteiger partial charge in [0.1, 0.15) is 5.75 Å². The molecule has 1 saturated heterocycles. The molecule has 0 radical (unpaired) electrons. The van der Waals surface area contributed by atoms with Crippen LogP contribution < -0.4 is 15.0 Å². The van der Waals surface area contributed by atoms with Crippen LogP contribution in [-0.2, 0) is 0 Å². The van der Waals surface area contributed by atoms with E-state index >= 15 is 0 Å². The lowest BCUT2D eigenvalue weighted by Gasteiger charge is -2.35. The zero-order valence-corrected chi connectivity index (χ0v) is 18.8. The summed E-state index contributed by atoms with van der Waals surface area (Å²) in [6, 6.07) is 17.9. The molecule has 1 N–H and O–H groups in total. The van der Waals surface area contributed by atoms with Gasteiger partial charge >= 0.3 is 6.03 Å². The van der Waals surface area contributed by atoms with Gasteiger partial charge in [0, 0.05) is 37.4 Å². The molecule has 0 unspecified atom stereocenters. The Morgan fingerprint density at radius 3 is 2.38 bits per heavy atom. The molecule has 1 aromatic heterocycles. The maximum atomic E-state index is 12.7. The van der Waals surface area contributed by atoms with Crippen molar-refractivity contribution in [1.82, 2.24) is 15.1 Å². The molecule has 1 aliphatic heterocycles. The molecular weight excluding hydrogens is 402 g/mol. The van der Waals surface area contributed by atoms with Crippen LogP contribution in [0.5, 0.6) is 5.75 Å². The lowest BCUT2D eigenvalue weighted by Crippen LogP contribution is -2.50. The number of ether oxygens (including phenoxy) is 1. The average molecular weight is 432 g/mol. The molecule has 4 rings (SSSR count). The minimum absolute atomic E-state index is 0.0599. The number of amides is 2. The molecule has 1 aliphatic rings. The highest BCUT2D eigenvalue weighted by molar-refractivity contribution is 5.90. The molecule has 7 heteroatoms. The fourth-order valence-corrected chi connectivity index (χ4v) is 3.74. The summed E-state index contributed by atoms with van der Waals surface area (Å²) < 4.78 is 5.49. The summed E-state index contributed by atoms with van der Waals surface area (Å²) in [5, 5.41) is 11.9. The first kappa shape index (κ1) is 21.6. The Morgan fingerprint density at radius 1 is 0.969 bits per heavy atom. The number of aryl methyl sites for hydroxylation is 2. The lowest BCUT2D eigenvalue weighted by atomic mass is 10.1. The minimum atomic E-state index is -0.0599. The van der Waals surface area contributed by atoms with Crippen LogP contribution in [0.4, 0.5) is 16.3 Å². The number of anilines is 2. The first-order valence-electron chi connectivity index (χ1n) is 11.0. The van der Waals surface area contributed by atoms with E-state index in [1.54, 1.807) is 0 Å². The van der Waals surface area contributed by atoms with Crippen molar-refractivity contribution in [3.8, 4) is 17.0 Å². The molecule has 2 aromatic carbocycles. The lowest BCUT2D eigenvalue weighted by molar-refractivity contribution is 0.208. The van der Waals surface area contributed by atoms with E-state index in [2.05, 4.69) is 20.4 Å². The maximum Gasteiger partial charge on any atom is 0.321 e. The number of hydrogen-bond donors (Lipinski definition) is 1. The van der Waals surface area contributed by atoms with Gasteiger partial charge in [-0.1, -0.05) is 12.1 Å². The molecule has 32 heavy (non-hydrogen) atoms. The van der Waals surface area contributed by atoms with Gasteiger partial charge in [0.25, 0.3) is 0 Å². The summed E-state index contributed by atoms with van der Waals surface area (Å²) in [6.07, 6.45) is 0. The van der Waals surface area contributed by atoms with E-state index < -0.39 is 0 Å². The second-order valence-electron chi connectivity index (χ2n) is 7.96. The van der Waals surface area contributed by atoms with Gasteiger partial charge in [-0.2, -0.15) is 0 Å². The van der Waals surface area contributed by atoms with Crippen LogP contribution in [0.1, 0.15) is 18.1 Å². The van der Waals surface area contributed by atoms with Crippen molar-refractivity contribution in [2.24, 2.45) is 0 Å². The largest absolute Gasteiger partial charge is 0.494 e.